The zero-order valence-corrected chi connectivity index (χ0v) is 12.4. The normalized spacial score (nSPS) is 19.6. The van der Waals surface area contributed by atoms with E-state index in [1.807, 2.05) is 12.1 Å². The predicted molar refractivity (Wildman–Crippen MR) is 79.0 cm³/mol. The fraction of sp³-hybridized carbons (Fsp3) is 0.625. The van der Waals surface area contributed by atoms with Crippen LogP contribution in [0.3, 0.4) is 0 Å². The van der Waals surface area contributed by atoms with Crippen LogP contribution in [0.15, 0.2) is 24.3 Å². The van der Waals surface area contributed by atoms with Crippen LogP contribution < -0.4 is 10.1 Å². The quantitative estimate of drug-likeness (QED) is 0.839. The lowest BCUT2D eigenvalue weighted by Crippen LogP contribution is -2.45. The summed E-state index contributed by atoms with van der Waals surface area (Å²) < 4.78 is 10.5. The summed E-state index contributed by atoms with van der Waals surface area (Å²) >= 11 is 0. The molecule has 1 atom stereocenters. The van der Waals surface area contributed by atoms with Crippen LogP contribution in [0.2, 0.25) is 0 Å². The Morgan fingerprint density at radius 1 is 1.30 bits per heavy atom. The molecule has 0 bridgehead atoms. The molecule has 0 aliphatic carbocycles. The monoisotopic (exact) mass is 279 g/mol. The third-order valence-corrected chi connectivity index (χ3v) is 4.03. The van der Waals surface area contributed by atoms with Crippen LogP contribution in [-0.2, 0) is 4.74 Å². The first-order valence-electron chi connectivity index (χ1n) is 7.34. The van der Waals surface area contributed by atoms with Crippen molar-refractivity contribution < 1.29 is 14.6 Å². The standard InChI is InChI=1S/C16H25NO3/c1-3-15(13-4-6-14(19-2)7-5-13)17-12-16(18)8-10-20-11-9-16/h4-7,15,17-18H,3,8-12H2,1-2H3. The van der Waals surface area contributed by atoms with E-state index in [9.17, 15) is 5.11 Å². The molecule has 0 saturated carbocycles. The van der Waals surface area contributed by atoms with Gasteiger partial charge in [-0.1, -0.05) is 19.1 Å². The van der Waals surface area contributed by atoms with E-state index < -0.39 is 5.60 Å². The van der Waals surface area contributed by atoms with Crippen molar-refractivity contribution in [1.82, 2.24) is 5.32 Å². The van der Waals surface area contributed by atoms with Crippen molar-refractivity contribution in [3.8, 4) is 5.75 Å². The van der Waals surface area contributed by atoms with E-state index in [0.717, 1.165) is 12.2 Å². The molecule has 4 nitrogen and oxygen atoms in total. The Balaban J connectivity index is 1.94. The number of nitrogens with one attached hydrogen (secondary N) is 1. The van der Waals surface area contributed by atoms with Crippen molar-refractivity contribution in [2.75, 3.05) is 26.9 Å². The Labute approximate surface area is 121 Å². The van der Waals surface area contributed by atoms with Gasteiger partial charge in [-0.05, 0) is 24.1 Å². The van der Waals surface area contributed by atoms with E-state index >= 15 is 0 Å². The Morgan fingerprint density at radius 2 is 1.95 bits per heavy atom. The lowest BCUT2D eigenvalue weighted by Gasteiger charge is -2.33. The van der Waals surface area contributed by atoms with Gasteiger partial charge in [-0.2, -0.15) is 0 Å². The molecule has 1 saturated heterocycles. The summed E-state index contributed by atoms with van der Waals surface area (Å²) in [6.07, 6.45) is 2.40. The maximum Gasteiger partial charge on any atom is 0.118 e. The molecule has 1 heterocycles. The summed E-state index contributed by atoms with van der Waals surface area (Å²) in [5.41, 5.74) is 0.599. The topological polar surface area (TPSA) is 50.7 Å². The molecule has 20 heavy (non-hydrogen) atoms. The van der Waals surface area contributed by atoms with Gasteiger partial charge in [0.15, 0.2) is 0 Å². The first kappa shape index (κ1) is 15.3. The molecule has 4 heteroatoms. The van der Waals surface area contributed by atoms with E-state index in [4.69, 9.17) is 9.47 Å². The first-order valence-corrected chi connectivity index (χ1v) is 7.34. The highest BCUT2D eigenvalue weighted by Crippen LogP contribution is 2.23. The molecule has 112 valence electrons. The highest BCUT2D eigenvalue weighted by Gasteiger charge is 2.30. The average molecular weight is 279 g/mol. The number of methoxy groups -OCH3 is 1. The minimum Gasteiger partial charge on any atom is -0.497 e. The van der Waals surface area contributed by atoms with Gasteiger partial charge in [0.2, 0.25) is 0 Å². The van der Waals surface area contributed by atoms with Gasteiger partial charge in [0.25, 0.3) is 0 Å². The second-order valence-corrected chi connectivity index (χ2v) is 5.45. The van der Waals surface area contributed by atoms with Gasteiger partial charge in [-0.3, -0.25) is 0 Å². The molecular formula is C16H25NO3. The number of hydrogen-bond donors (Lipinski definition) is 2. The summed E-state index contributed by atoms with van der Waals surface area (Å²) in [6.45, 7) is 4.06. The number of benzene rings is 1. The van der Waals surface area contributed by atoms with Gasteiger partial charge >= 0.3 is 0 Å². The molecule has 1 aromatic carbocycles. The van der Waals surface area contributed by atoms with Gasteiger partial charge in [-0.15, -0.1) is 0 Å². The van der Waals surface area contributed by atoms with Crippen molar-refractivity contribution in [2.45, 2.75) is 37.8 Å². The van der Waals surface area contributed by atoms with Crippen molar-refractivity contribution in [3.05, 3.63) is 29.8 Å². The fourth-order valence-corrected chi connectivity index (χ4v) is 2.58. The van der Waals surface area contributed by atoms with Gasteiger partial charge in [0, 0.05) is 38.6 Å². The van der Waals surface area contributed by atoms with Crippen LogP contribution in [0.4, 0.5) is 0 Å². The predicted octanol–water partition coefficient (Wildman–Crippen LogP) is 2.28. The van der Waals surface area contributed by atoms with Crippen molar-refractivity contribution >= 4 is 0 Å². The minimum absolute atomic E-state index is 0.257. The molecule has 0 spiro atoms. The minimum atomic E-state index is -0.627. The summed E-state index contributed by atoms with van der Waals surface area (Å²) in [5.74, 6) is 0.867. The lowest BCUT2D eigenvalue weighted by molar-refractivity contribution is -0.0628. The zero-order valence-electron chi connectivity index (χ0n) is 12.4. The Bertz CT molecular complexity index is 399. The molecule has 2 rings (SSSR count). The smallest absolute Gasteiger partial charge is 0.118 e. The van der Waals surface area contributed by atoms with E-state index in [2.05, 4.69) is 24.4 Å². The SMILES string of the molecule is CCC(NCC1(O)CCOCC1)c1ccc(OC)cc1. The Hall–Kier alpha value is -1.10. The van der Waals surface area contributed by atoms with Gasteiger partial charge in [0.05, 0.1) is 12.7 Å². The largest absolute Gasteiger partial charge is 0.497 e. The second kappa shape index (κ2) is 7.07. The number of rotatable bonds is 6. The first-order chi connectivity index (χ1) is 9.67. The highest BCUT2D eigenvalue weighted by molar-refractivity contribution is 5.29. The summed E-state index contributed by atoms with van der Waals surface area (Å²) in [5, 5.41) is 14.0. The van der Waals surface area contributed by atoms with Crippen molar-refractivity contribution in [2.24, 2.45) is 0 Å². The fourth-order valence-electron chi connectivity index (χ4n) is 2.58. The number of hydrogen-bond acceptors (Lipinski definition) is 4. The van der Waals surface area contributed by atoms with Gasteiger partial charge in [0.1, 0.15) is 5.75 Å². The van der Waals surface area contributed by atoms with Crippen LogP contribution >= 0.6 is 0 Å². The molecule has 1 aliphatic rings. The lowest BCUT2D eigenvalue weighted by atomic mass is 9.93. The molecule has 0 amide bonds. The van der Waals surface area contributed by atoms with Crippen LogP contribution in [-0.4, -0.2) is 37.6 Å². The number of ether oxygens (including phenoxy) is 2. The second-order valence-electron chi connectivity index (χ2n) is 5.45. The Kier molecular flexibility index (Phi) is 5.40. The van der Waals surface area contributed by atoms with Crippen molar-refractivity contribution in [3.63, 3.8) is 0 Å². The highest BCUT2D eigenvalue weighted by atomic mass is 16.5. The third kappa shape index (κ3) is 3.95. The molecular weight excluding hydrogens is 254 g/mol. The molecule has 0 aromatic heterocycles. The van der Waals surface area contributed by atoms with E-state index in [-0.39, 0.29) is 6.04 Å². The maximum atomic E-state index is 10.5. The molecule has 1 aliphatic heterocycles. The molecule has 2 N–H and O–H groups in total. The zero-order chi connectivity index (χ0) is 14.4. The third-order valence-electron chi connectivity index (χ3n) is 4.03. The molecule has 0 radical (unpaired) electrons. The van der Waals surface area contributed by atoms with Crippen LogP contribution in [0, 0.1) is 0 Å². The summed E-state index contributed by atoms with van der Waals surface area (Å²) in [6, 6.07) is 8.36. The van der Waals surface area contributed by atoms with Crippen LogP contribution in [0.1, 0.15) is 37.8 Å². The van der Waals surface area contributed by atoms with Gasteiger partial charge < -0.3 is 19.9 Å². The van der Waals surface area contributed by atoms with Crippen molar-refractivity contribution in [1.29, 1.82) is 0 Å². The molecule has 1 aromatic rings. The van der Waals surface area contributed by atoms with E-state index in [1.165, 1.54) is 5.56 Å². The Morgan fingerprint density at radius 3 is 2.50 bits per heavy atom. The van der Waals surface area contributed by atoms with E-state index in [0.29, 0.717) is 32.6 Å². The summed E-state index contributed by atoms with van der Waals surface area (Å²) in [4.78, 5) is 0. The average Bonchev–Trinajstić information content (AvgIpc) is 2.49. The number of aliphatic hydroxyl groups is 1. The maximum absolute atomic E-state index is 10.5. The van der Waals surface area contributed by atoms with Crippen LogP contribution in [0.5, 0.6) is 5.75 Å². The summed E-state index contributed by atoms with van der Waals surface area (Å²) in [7, 11) is 1.67. The van der Waals surface area contributed by atoms with Crippen LogP contribution in [0.25, 0.3) is 0 Å². The van der Waals surface area contributed by atoms with Gasteiger partial charge in [-0.25, -0.2) is 0 Å². The molecule has 1 unspecified atom stereocenters. The van der Waals surface area contributed by atoms with E-state index in [1.54, 1.807) is 7.11 Å². The molecule has 1 fully saturated rings.